The molecule has 1 aromatic carbocycles. The molecule has 0 aromatic heterocycles. The van der Waals surface area contributed by atoms with Gasteiger partial charge in [-0.3, -0.25) is 0 Å². The SMILES string of the molecule is Cl.NC1(c2cc(Cl)ccc2F)CCC1. The van der Waals surface area contributed by atoms with E-state index < -0.39 is 5.54 Å². The van der Waals surface area contributed by atoms with E-state index in [2.05, 4.69) is 0 Å². The van der Waals surface area contributed by atoms with Crippen molar-refractivity contribution in [3.63, 3.8) is 0 Å². The molecular formula is C10H12Cl2FN. The fourth-order valence-corrected chi connectivity index (χ4v) is 1.88. The lowest BCUT2D eigenvalue weighted by Crippen LogP contribution is -2.44. The molecule has 2 N–H and O–H groups in total. The Morgan fingerprint density at radius 1 is 1.36 bits per heavy atom. The number of rotatable bonds is 1. The molecule has 1 aliphatic rings. The first-order valence-corrected chi connectivity index (χ1v) is 4.74. The van der Waals surface area contributed by atoms with Crippen LogP contribution in [0.3, 0.4) is 0 Å². The zero-order valence-corrected chi connectivity index (χ0v) is 9.17. The largest absolute Gasteiger partial charge is 0.321 e. The van der Waals surface area contributed by atoms with Gasteiger partial charge in [0, 0.05) is 16.1 Å². The van der Waals surface area contributed by atoms with Gasteiger partial charge in [0.05, 0.1) is 0 Å². The second-order valence-corrected chi connectivity index (χ2v) is 4.07. The van der Waals surface area contributed by atoms with Gasteiger partial charge < -0.3 is 5.73 Å². The first-order chi connectivity index (χ1) is 6.12. The lowest BCUT2D eigenvalue weighted by molar-refractivity contribution is 0.245. The third-order valence-corrected chi connectivity index (χ3v) is 2.95. The molecule has 0 heterocycles. The predicted molar refractivity (Wildman–Crippen MR) is 58.4 cm³/mol. The molecule has 0 aliphatic heterocycles. The quantitative estimate of drug-likeness (QED) is 0.795. The third-order valence-electron chi connectivity index (χ3n) is 2.71. The van der Waals surface area contributed by atoms with Crippen molar-refractivity contribution in [3.8, 4) is 0 Å². The zero-order chi connectivity index (χ0) is 9.47. The van der Waals surface area contributed by atoms with Gasteiger partial charge in [-0.1, -0.05) is 11.6 Å². The van der Waals surface area contributed by atoms with Gasteiger partial charge in [0.1, 0.15) is 5.82 Å². The van der Waals surface area contributed by atoms with Gasteiger partial charge >= 0.3 is 0 Å². The Bertz CT molecular complexity index is 337. The van der Waals surface area contributed by atoms with Crippen LogP contribution in [0.15, 0.2) is 18.2 Å². The molecule has 1 fully saturated rings. The summed E-state index contributed by atoms with van der Waals surface area (Å²) < 4.78 is 13.3. The number of benzene rings is 1. The van der Waals surface area contributed by atoms with Gasteiger partial charge in [-0.05, 0) is 37.5 Å². The highest BCUT2D eigenvalue weighted by Crippen LogP contribution is 2.40. The molecule has 0 atom stereocenters. The van der Waals surface area contributed by atoms with Gasteiger partial charge in [0.25, 0.3) is 0 Å². The molecule has 14 heavy (non-hydrogen) atoms. The number of hydrogen-bond donors (Lipinski definition) is 1. The molecule has 0 bridgehead atoms. The summed E-state index contributed by atoms with van der Waals surface area (Å²) in [6, 6.07) is 4.56. The maximum Gasteiger partial charge on any atom is 0.128 e. The second kappa shape index (κ2) is 4.05. The van der Waals surface area contributed by atoms with E-state index >= 15 is 0 Å². The summed E-state index contributed by atoms with van der Waals surface area (Å²) in [5.74, 6) is -0.244. The molecular weight excluding hydrogens is 224 g/mol. The fourth-order valence-electron chi connectivity index (χ4n) is 1.71. The summed E-state index contributed by atoms with van der Waals surface area (Å²) in [4.78, 5) is 0. The minimum absolute atomic E-state index is 0. The molecule has 0 saturated heterocycles. The Hall–Kier alpha value is -0.310. The smallest absolute Gasteiger partial charge is 0.128 e. The van der Waals surface area contributed by atoms with E-state index in [-0.39, 0.29) is 18.2 Å². The Balaban J connectivity index is 0.000000980. The zero-order valence-electron chi connectivity index (χ0n) is 7.59. The molecule has 1 aliphatic carbocycles. The molecule has 4 heteroatoms. The summed E-state index contributed by atoms with van der Waals surface area (Å²) in [7, 11) is 0. The van der Waals surface area contributed by atoms with E-state index in [0.29, 0.717) is 10.6 Å². The molecule has 0 unspecified atom stereocenters. The van der Waals surface area contributed by atoms with Crippen LogP contribution in [-0.2, 0) is 5.54 Å². The Labute approximate surface area is 93.8 Å². The van der Waals surface area contributed by atoms with Crippen molar-refractivity contribution < 1.29 is 4.39 Å². The van der Waals surface area contributed by atoms with Gasteiger partial charge in [0.15, 0.2) is 0 Å². The van der Waals surface area contributed by atoms with Crippen LogP contribution in [-0.4, -0.2) is 0 Å². The summed E-state index contributed by atoms with van der Waals surface area (Å²) in [6.45, 7) is 0. The molecule has 0 spiro atoms. The second-order valence-electron chi connectivity index (χ2n) is 3.63. The minimum atomic E-state index is -0.463. The van der Waals surface area contributed by atoms with Crippen LogP contribution in [0.2, 0.25) is 5.02 Å². The van der Waals surface area contributed by atoms with Crippen LogP contribution in [0.1, 0.15) is 24.8 Å². The van der Waals surface area contributed by atoms with E-state index in [1.165, 1.54) is 6.07 Å². The summed E-state index contributed by atoms with van der Waals surface area (Å²) in [6.07, 6.45) is 2.77. The van der Waals surface area contributed by atoms with E-state index in [4.69, 9.17) is 17.3 Å². The van der Waals surface area contributed by atoms with Crippen molar-refractivity contribution in [1.29, 1.82) is 0 Å². The Kier molecular flexibility index (Phi) is 3.40. The van der Waals surface area contributed by atoms with Crippen LogP contribution in [0, 0.1) is 5.82 Å². The molecule has 2 rings (SSSR count). The van der Waals surface area contributed by atoms with Crippen molar-refractivity contribution >= 4 is 24.0 Å². The third kappa shape index (κ3) is 1.88. The van der Waals surface area contributed by atoms with Gasteiger partial charge in [-0.15, -0.1) is 12.4 Å². The molecule has 78 valence electrons. The minimum Gasteiger partial charge on any atom is -0.321 e. The maximum absolute atomic E-state index is 13.3. The van der Waals surface area contributed by atoms with E-state index in [1.54, 1.807) is 12.1 Å². The highest BCUT2D eigenvalue weighted by atomic mass is 35.5. The van der Waals surface area contributed by atoms with Crippen molar-refractivity contribution in [2.45, 2.75) is 24.8 Å². The van der Waals surface area contributed by atoms with Crippen molar-refractivity contribution in [2.75, 3.05) is 0 Å². The molecule has 0 radical (unpaired) electrons. The summed E-state index contributed by atoms with van der Waals surface area (Å²) in [5, 5.41) is 0.549. The first-order valence-electron chi connectivity index (χ1n) is 4.36. The fraction of sp³-hybridized carbons (Fsp3) is 0.400. The number of hydrogen-bond acceptors (Lipinski definition) is 1. The molecule has 0 amide bonds. The van der Waals surface area contributed by atoms with E-state index in [0.717, 1.165) is 19.3 Å². The lowest BCUT2D eigenvalue weighted by atomic mass is 9.72. The summed E-state index contributed by atoms with van der Waals surface area (Å²) in [5.41, 5.74) is 6.09. The standard InChI is InChI=1S/C10H11ClFN.ClH/c11-7-2-3-9(12)8(6-7)10(13)4-1-5-10;/h2-3,6H,1,4-5,13H2;1H. The van der Waals surface area contributed by atoms with E-state index in [9.17, 15) is 4.39 Å². The van der Waals surface area contributed by atoms with Crippen LogP contribution >= 0.6 is 24.0 Å². The van der Waals surface area contributed by atoms with Gasteiger partial charge in [0.2, 0.25) is 0 Å². The number of halogens is 3. The average Bonchev–Trinajstić information content (AvgIpc) is 2.05. The lowest BCUT2D eigenvalue weighted by Gasteiger charge is -2.38. The van der Waals surface area contributed by atoms with E-state index in [1.807, 2.05) is 0 Å². The van der Waals surface area contributed by atoms with Crippen LogP contribution in [0.5, 0.6) is 0 Å². The maximum atomic E-state index is 13.3. The van der Waals surface area contributed by atoms with Crippen molar-refractivity contribution in [3.05, 3.63) is 34.6 Å². The Morgan fingerprint density at radius 3 is 2.50 bits per heavy atom. The number of nitrogens with two attached hydrogens (primary N) is 1. The normalized spacial score (nSPS) is 18.2. The highest BCUT2D eigenvalue weighted by Gasteiger charge is 2.36. The molecule has 1 nitrogen and oxygen atoms in total. The predicted octanol–water partition coefficient (Wildman–Crippen LogP) is 3.24. The van der Waals surface area contributed by atoms with Gasteiger partial charge in [-0.25, -0.2) is 4.39 Å². The summed E-state index contributed by atoms with van der Waals surface area (Å²) >= 11 is 5.78. The van der Waals surface area contributed by atoms with Crippen LogP contribution in [0.25, 0.3) is 0 Å². The van der Waals surface area contributed by atoms with Crippen molar-refractivity contribution in [1.82, 2.24) is 0 Å². The first kappa shape index (κ1) is 11.8. The monoisotopic (exact) mass is 235 g/mol. The van der Waals surface area contributed by atoms with Crippen LogP contribution in [0.4, 0.5) is 4.39 Å². The topological polar surface area (TPSA) is 26.0 Å². The molecule has 1 saturated carbocycles. The van der Waals surface area contributed by atoms with Crippen molar-refractivity contribution in [2.24, 2.45) is 5.73 Å². The van der Waals surface area contributed by atoms with Gasteiger partial charge in [-0.2, -0.15) is 0 Å². The average molecular weight is 236 g/mol. The Morgan fingerprint density at radius 2 is 2.00 bits per heavy atom. The molecule has 1 aromatic rings. The highest BCUT2D eigenvalue weighted by molar-refractivity contribution is 6.30. The van der Waals surface area contributed by atoms with Crippen LogP contribution < -0.4 is 5.73 Å².